The Morgan fingerprint density at radius 3 is 2.35 bits per heavy atom. The Morgan fingerprint density at radius 2 is 1.71 bits per heavy atom. The van der Waals surface area contributed by atoms with Crippen molar-refractivity contribution in [3.63, 3.8) is 0 Å². The molecule has 2 aliphatic rings. The molecule has 2 saturated heterocycles. The molecule has 0 spiro atoms. The van der Waals surface area contributed by atoms with Crippen LogP contribution in [0.1, 0.15) is 17.5 Å². The van der Waals surface area contributed by atoms with Crippen LogP contribution in [0.15, 0.2) is 60.7 Å². The molecule has 31 heavy (non-hydrogen) atoms. The van der Waals surface area contributed by atoms with Gasteiger partial charge < -0.3 is 24.4 Å². The number of nitrogens with one attached hydrogen (secondary N) is 1. The lowest BCUT2D eigenvalue weighted by Crippen LogP contribution is -2.48. The Bertz CT molecular complexity index is 920. The van der Waals surface area contributed by atoms with Crippen molar-refractivity contribution >= 4 is 18.0 Å². The van der Waals surface area contributed by atoms with Crippen LogP contribution < -0.4 is 5.32 Å². The molecule has 2 aromatic rings. The monoisotopic (exact) mass is 424 g/mol. The van der Waals surface area contributed by atoms with Crippen LogP contribution in [0.2, 0.25) is 0 Å². The Hall–Kier alpha value is -3.39. The van der Waals surface area contributed by atoms with E-state index in [2.05, 4.69) is 5.32 Å². The van der Waals surface area contributed by atoms with E-state index in [-0.39, 0.29) is 37.9 Å². The van der Waals surface area contributed by atoms with Crippen LogP contribution in [0.3, 0.4) is 0 Å². The number of amides is 2. The second-order valence-corrected chi connectivity index (χ2v) is 7.54. The zero-order valence-corrected chi connectivity index (χ0v) is 16.9. The minimum atomic E-state index is -0.911. The molecule has 0 aromatic heterocycles. The molecule has 2 aliphatic heterocycles. The predicted octanol–water partition coefficient (Wildman–Crippen LogP) is 2.02. The van der Waals surface area contributed by atoms with Gasteiger partial charge in [0.15, 0.2) is 0 Å². The Morgan fingerprint density at radius 1 is 1.03 bits per heavy atom. The maximum atomic E-state index is 12.7. The molecule has 4 rings (SSSR count). The van der Waals surface area contributed by atoms with Gasteiger partial charge >= 0.3 is 12.1 Å². The molecule has 0 bridgehead atoms. The summed E-state index contributed by atoms with van der Waals surface area (Å²) in [4.78, 5) is 38.1. The van der Waals surface area contributed by atoms with Gasteiger partial charge in [-0.1, -0.05) is 60.7 Å². The average molecular weight is 424 g/mol. The number of carbonyl (C=O) groups excluding carboxylic acids is 3. The third-order valence-electron chi connectivity index (χ3n) is 5.25. The van der Waals surface area contributed by atoms with Gasteiger partial charge in [0.1, 0.15) is 31.6 Å². The fourth-order valence-electron chi connectivity index (χ4n) is 3.57. The van der Waals surface area contributed by atoms with Crippen LogP contribution in [0.5, 0.6) is 0 Å². The summed E-state index contributed by atoms with van der Waals surface area (Å²) >= 11 is 0. The van der Waals surface area contributed by atoms with E-state index >= 15 is 0 Å². The number of hydrogen-bond donors (Lipinski definition) is 1. The summed E-state index contributed by atoms with van der Waals surface area (Å²) in [5.74, 6) is -0.534. The molecule has 0 aliphatic carbocycles. The second-order valence-electron chi connectivity index (χ2n) is 7.54. The van der Waals surface area contributed by atoms with Crippen LogP contribution in [0.25, 0.3) is 0 Å². The number of fused-ring (bicyclic) bond motifs is 1. The SMILES string of the molecule is O=C(N[C@@H](Cc1ccccc1)C(=O)OCC1CN2C(=O)CC2O1)OCc1ccccc1. The number of alkyl carbamates (subject to hydrolysis) is 1. The lowest BCUT2D eigenvalue weighted by Gasteiger charge is -2.31. The van der Waals surface area contributed by atoms with Crippen molar-refractivity contribution in [1.82, 2.24) is 10.2 Å². The third kappa shape index (κ3) is 5.40. The zero-order valence-electron chi connectivity index (χ0n) is 16.9. The van der Waals surface area contributed by atoms with Gasteiger partial charge in [0.05, 0.1) is 13.0 Å². The Kier molecular flexibility index (Phi) is 6.47. The summed E-state index contributed by atoms with van der Waals surface area (Å²) in [6.45, 7) is 0.527. The van der Waals surface area contributed by atoms with Crippen molar-refractivity contribution in [2.45, 2.75) is 37.8 Å². The molecule has 2 amide bonds. The molecule has 162 valence electrons. The van der Waals surface area contributed by atoms with E-state index in [1.165, 1.54) is 0 Å². The average Bonchev–Trinajstić information content (AvgIpc) is 3.13. The summed E-state index contributed by atoms with van der Waals surface area (Å²) in [6.07, 6.45) is -0.631. The molecule has 3 atom stereocenters. The van der Waals surface area contributed by atoms with Gasteiger partial charge in [0, 0.05) is 6.42 Å². The van der Waals surface area contributed by atoms with Gasteiger partial charge in [-0.25, -0.2) is 9.59 Å². The lowest BCUT2D eigenvalue weighted by atomic mass is 10.1. The summed E-state index contributed by atoms with van der Waals surface area (Å²) in [7, 11) is 0. The van der Waals surface area contributed by atoms with Crippen molar-refractivity contribution < 1.29 is 28.6 Å². The van der Waals surface area contributed by atoms with Crippen LogP contribution >= 0.6 is 0 Å². The quantitative estimate of drug-likeness (QED) is 0.515. The van der Waals surface area contributed by atoms with E-state index in [1.807, 2.05) is 60.7 Å². The lowest BCUT2D eigenvalue weighted by molar-refractivity contribution is -0.160. The zero-order chi connectivity index (χ0) is 21.6. The minimum absolute atomic E-state index is 0.0190. The van der Waals surface area contributed by atoms with Gasteiger partial charge in [0.2, 0.25) is 5.91 Å². The predicted molar refractivity (Wildman–Crippen MR) is 110 cm³/mol. The summed E-state index contributed by atoms with van der Waals surface area (Å²) < 4.78 is 16.3. The van der Waals surface area contributed by atoms with E-state index in [9.17, 15) is 14.4 Å². The van der Waals surface area contributed by atoms with Gasteiger partial charge in [-0.15, -0.1) is 0 Å². The van der Waals surface area contributed by atoms with Crippen molar-refractivity contribution in [3.05, 3.63) is 71.8 Å². The first-order valence-corrected chi connectivity index (χ1v) is 10.2. The highest BCUT2D eigenvalue weighted by Crippen LogP contribution is 2.28. The number of ether oxygens (including phenoxy) is 3. The molecule has 8 heteroatoms. The van der Waals surface area contributed by atoms with Crippen LogP contribution in [-0.2, 0) is 36.8 Å². The largest absolute Gasteiger partial charge is 0.461 e. The number of rotatable bonds is 8. The molecule has 1 N–H and O–H groups in total. The maximum Gasteiger partial charge on any atom is 0.408 e. The first-order valence-electron chi connectivity index (χ1n) is 10.2. The number of benzene rings is 2. The van der Waals surface area contributed by atoms with Gasteiger partial charge in [-0.3, -0.25) is 4.79 Å². The van der Waals surface area contributed by atoms with Crippen molar-refractivity contribution in [3.8, 4) is 0 Å². The molecule has 0 saturated carbocycles. The first-order chi connectivity index (χ1) is 15.1. The number of β-lactam (4-membered cyclic amide) rings is 1. The van der Waals surface area contributed by atoms with Crippen LogP contribution in [0, 0.1) is 0 Å². The highest BCUT2D eigenvalue weighted by molar-refractivity contribution is 5.83. The van der Waals surface area contributed by atoms with Gasteiger partial charge in [-0.05, 0) is 11.1 Å². The Balaban J connectivity index is 1.32. The molecular formula is C23H24N2O6. The molecule has 2 fully saturated rings. The standard InChI is InChI=1S/C23H24N2O6/c26-20-12-21-25(20)13-18(31-21)15-29-22(27)19(11-16-7-3-1-4-8-16)24-23(28)30-14-17-9-5-2-6-10-17/h1-10,18-19,21H,11-15H2,(H,24,28)/t18?,19-,21?/m0/s1. The smallest absolute Gasteiger partial charge is 0.408 e. The van der Waals surface area contributed by atoms with Gasteiger partial charge in [-0.2, -0.15) is 0 Å². The van der Waals surface area contributed by atoms with Crippen LogP contribution in [0.4, 0.5) is 4.79 Å². The molecule has 8 nitrogen and oxygen atoms in total. The van der Waals surface area contributed by atoms with Crippen LogP contribution in [-0.4, -0.2) is 54.4 Å². The molecule has 2 unspecified atom stereocenters. The van der Waals surface area contributed by atoms with E-state index in [0.717, 1.165) is 11.1 Å². The third-order valence-corrected chi connectivity index (χ3v) is 5.25. The summed E-state index contributed by atoms with van der Waals surface area (Å²) in [5, 5.41) is 2.61. The number of hydrogen-bond acceptors (Lipinski definition) is 6. The number of carbonyl (C=O) groups is 3. The number of nitrogens with zero attached hydrogens (tertiary/aromatic N) is 1. The maximum absolute atomic E-state index is 12.7. The van der Waals surface area contributed by atoms with Gasteiger partial charge in [0.25, 0.3) is 0 Å². The summed E-state index contributed by atoms with van der Waals surface area (Å²) in [6, 6.07) is 17.7. The normalized spacial score (nSPS) is 20.4. The second kappa shape index (κ2) is 9.61. The minimum Gasteiger partial charge on any atom is -0.461 e. The van der Waals surface area contributed by atoms with E-state index in [0.29, 0.717) is 13.0 Å². The fraction of sp³-hybridized carbons (Fsp3) is 0.348. The summed E-state index contributed by atoms with van der Waals surface area (Å²) in [5.41, 5.74) is 1.72. The molecule has 2 heterocycles. The van der Waals surface area contributed by atoms with Crippen molar-refractivity contribution in [1.29, 1.82) is 0 Å². The van der Waals surface area contributed by atoms with E-state index < -0.39 is 18.1 Å². The topological polar surface area (TPSA) is 94.2 Å². The highest BCUT2D eigenvalue weighted by atomic mass is 16.6. The first kappa shape index (κ1) is 20.9. The Labute approximate surface area is 180 Å². The molecule has 2 aromatic carbocycles. The highest BCUT2D eigenvalue weighted by Gasteiger charge is 2.45. The molecular weight excluding hydrogens is 400 g/mol. The van der Waals surface area contributed by atoms with E-state index in [1.54, 1.807) is 4.90 Å². The van der Waals surface area contributed by atoms with E-state index in [4.69, 9.17) is 14.2 Å². The van der Waals surface area contributed by atoms with Crippen molar-refractivity contribution in [2.75, 3.05) is 13.2 Å². The number of esters is 1. The fourth-order valence-corrected chi connectivity index (χ4v) is 3.57. The van der Waals surface area contributed by atoms with Crippen molar-refractivity contribution in [2.24, 2.45) is 0 Å². The molecule has 0 radical (unpaired) electrons.